The largest absolute Gasteiger partial charge is 0.477 e. The van der Waals surface area contributed by atoms with Crippen LogP contribution in [0.1, 0.15) is 12.5 Å². The van der Waals surface area contributed by atoms with Crippen molar-refractivity contribution in [1.82, 2.24) is 4.90 Å². The Hall–Kier alpha value is -2.16. The molecule has 0 radical (unpaired) electrons. The highest BCUT2D eigenvalue weighted by Crippen LogP contribution is 2.51. The lowest BCUT2D eigenvalue weighted by molar-refractivity contribution is -0.164. The molecular weight excluding hydrogens is 368 g/mol. The first-order valence-electron chi connectivity index (χ1n) is 8.76. The van der Waals surface area contributed by atoms with Gasteiger partial charge in [0, 0.05) is 23.6 Å². The van der Waals surface area contributed by atoms with Gasteiger partial charge in [-0.05, 0) is 12.5 Å². The fourth-order valence-electron chi connectivity index (χ4n) is 3.84. The van der Waals surface area contributed by atoms with Crippen LogP contribution in [0.25, 0.3) is 0 Å². The Balaban J connectivity index is 1.99. The number of nitrogens with two attached hydrogens (primary N) is 1. The molecule has 27 heavy (non-hydrogen) atoms. The van der Waals surface area contributed by atoms with Gasteiger partial charge in [0.15, 0.2) is 0 Å². The molecule has 0 aromatic heterocycles. The molecule has 2 aliphatic heterocycles. The number of carbonyl (C=O) groups is 3. The quantitative estimate of drug-likeness (QED) is 0.557. The van der Waals surface area contributed by atoms with Crippen molar-refractivity contribution < 1.29 is 24.6 Å². The lowest BCUT2D eigenvalue weighted by Crippen LogP contribution is -2.64. The van der Waals surface area contributed by atoms with Crippen LogP contribution in [-0.2, 0) is 20.8 Å². The molecule has 0 bridgehead atoms. The number of benzene rings is 1. The molecule has 1 saturated heterocycles. The SMILES string of the molecule is C[C@@H](O)[C@H]1C(=O)N2C(C(=O)O)=C(SCCN)C(C(=O)Cc3ccccc3)[C@@H]12. The Bertz CT molecular complexity index is 793. The number of hydrogen-bond donors (Lipinski definition) is 3. The molecular formula is C19H22N2O5S. The highest BCUT2D eigenvalue weighted by atomic mass is 32.2. The van der Waals surface area contributed by atoms with Gasteiger partial charge in [-0.2, -0.15) is 0 Å². The summed E-state index contributed by atoms with van der Waals surface area (Å²) in [7, 11) is 0. The van der Waals surface area contributed by atoms with E-state index in [0.717, 1.165) is 5.56 Å². The summed E-state index contributed by atoms with van der Waals surface area (Å²) in [4.78, 5) is 39.0. The second-order valence-electron chi connectivity index (χ2n) is 6.73. The zero-order chi connectivity index (χ0) is 19.7. The Morgan fingerprint density at radius 1 is 1.30 bits per heavy atom. The number of carboxylic acid groups (broad SMARTS) is 1. The molecule has 0 aliphatic carbocycles. The Morgan fingerprint density at radius 3 is 2.52 bits per heavy atom. The lowest BCUT2D eigenvalue weighted by atomic mass is 9.76. The van der Waals surface area contributed by atoms with Crippen LogP contribution >= 0.6 is 11.8 Å². The average molecular weight is 390 g/mol. The van der Waals surface area contributed by atoms with Crippen molar-refractivity contribution in [2.45, 2.75) is 25.5 Å². The van der Waals surface area contributed by atoms with Gasteiger partial charge in [-0.15, -0.1) is 11.8 Å². The number of thioether (sulfide) groups is 1. The van der Waals surface area contributed by atoms with E-state index in [1.165, 1.54) is 23.6 Å². The number of aliphatic hydroxyl groups excluding tert-OH is 1. The molecule has 3 rings (SSSR count). The van der Waals surface area contributed by atoms with Crippen LogP contribution in [-0.4, -0.2) is 57.2 Å². The summed E-state index contributed by atoms with van der Waals surface area (Å²) in [6.07, 6.45) is -0.824. The first kappa shape index (κ1) is 19.6. The van der Waals surface area contributed by atoms with Crippen LogP contribution in [0.4, 0.5) is 0 Å². The van der Waals surface area contributed by atoms with Gasteiger partial charge in [-0.3, -0.25) is 14.5 Å². The average Bonchev–Trinajstić information content (AvgIpc) is 2.91. The van der Waals surface area contributed by atoms with E-state index in [2.05, 4.69) is 0 Å². The predicted octanol–water partition coefficient (Wildman–Crippen LogP) is 0.624. The number of rotatable bonds is 8. The third-order valence-electron chi connectivity index (χ3n) is 4.95. The number of Topliss-reactive ketones (excluding diaryl/α,β-unsaturated/α-hetero) is 1. The molecule has 0 saturated carbocycles. The molecule has 1 aromatic rings. The van der Waals surface area contributed by atoms with Gasteiger partial charge in [-0.1, -0.05) is 30.3 Å². The molecule has 1 amide bonds. The van der Waals surface area contributed by atoms with E-state index in [1.807, 2.05) is 30.3 Å². The second-order valence-corrected chi connectivity index (χ2v) is 7.86. The van der Waals surface area contributed by atoms with Crippen molar-refractivity contribution in [3.8, 4) is 0 Å². The number of β-lactam (4-membered cyclic amide) rings is 1. The van der Waals surface area contributed by atoms with Gasteiger partial charge in [0.2, 0.25) is 5.91 Å². The molecule has 4 N–H and O–H groups in total. The van der Waals surface area contributed by atoms with Gasteiger partial charge in [-0.25, -0.2) is 4.79 Å². The van der Waals surface area contributed by atoms with Crippen LogP contribution in [0.5, 0.6) is 0 Å². The number of carboxylic acids is 1. The topological polar surface area (TPSA) is 121 Å². The number of aliphatic carboxylic acids is 1. The maximum Gasteiger partial charge on any atom is 0.353 e. The van der Waals surface area contributed by atoms with Crippen molar-refractivity contribution in [3.05, 3.63) is 46.5 Å². The Morgan fingerprint density at radius 2 is 1.96 bits per heavy atom. The van der Waals surface area contributed by atoms with E-state index in [1.54, 1.807) is 0 Å². The van der Waals surface area contributed by atoms with Gasteiger partial charge in [0.05, 0.1) is 24.0 Å². The first-order valence-corrected chi connectivity index (χ1v) is 9.75. The van der Waals surface area contributed by atoms with Gasteiger partial charge >= 0.3 is 5.97 Å². The number of fused-ring (bicyclic) bond motifs is 1. The van der Waals surface area contributed by atoms with Crippen molar-refractivity contribution in [2.24, 2.45) is 17.6 Å². The van der Waals surface area contributed by atoms with Gasteiger partial charge in [0.1, 0.15) is 11.5 Å². The number of carbonyl (C=O) groups excluding carboxylic acids is 2. The second kappa shape index (κ2) is 7.84. The smallest absolute Gasteiger partial charge is 0.353 e. The maximum atomic E-state index is 13.1. The maximum absolute atomic E-state index is 13.1. The van der Waals surface area contributed by atoms with Crippen molar-refractivity contribution in [3.63, 3.8) is 0 Å². The minimum Gasteiger partial charge on any atom is -0.477 e. The van der Waals surface area contributed by atoms with Crippen LogP contribution in [0.3, 0.4) is 0 Å². The molecule has 2 aliphatic rings. The molecule has 1 fully saturated rings. The number of amides is 1. The standard InChI is InChI=1S/C19H22N2O5S/c1-10(22)13-15-14(12(23)9-11-5-3-2-4-6-11)17(27-8-7-20)16(19(25)26)21(15)18(13)24/h2-6,10,13-15,22H,7-9,20H2,1H3,(H,25,26)/t10-,13-,14?,15-/m1/s1. The fraction of sp³-hybridized carbons (Fsp3) is 0.421. The zero-order valence-electron chi connectivity index (χ0n) is 14.9. The monoisotopic (exact) mass is 390 g/mol. The molecule has 2 heterocycles. The third kappa shape index (κ3) is 3.40. The molecule has 144 valence electrons. The van der Waals surface area contributed by atoms with Crippen molar-refractivity contribution >= 4 is 29.4 Å². The van der Waals surface area contributed by atoms with E-state index in [9.17, 15) is 24.6 Å². The Labute approximate surface area is 161 Å². The van der Waals surface area contributed by atoms with E-state index >= 15 is 0 Å². The number of ketones is 1. The van der Waals surface area contributed by atoms with Crippen LogP contribution in [0, 0.1) is 11.8 Å². The third-order valence-corrected chi connectivity index (χ3v) is 6.15. The molecule has 1 aromatic carbocycles. The van der Waals surface area contributed by atoms with E-state index in [-0.39, 0.29) is 17.9 Å². The lowest BCUT2D eigenvalue weighted by Gasteiger charge is -2.46. The summed E-state index contributed by atoms with van der Waals surface area (Å²) >= 11 is 1.21. The molecule has 8 heteroatoms. The summed E-state index contributed by atoms with van der Waals surface area (Å²) in [5.41, 5.74) is 6.24. The normalized spacial score (nSPS) is 25.2. The summed E-state index contributed by atoms with van der Waals surface area (Å²) in [5, 5.41) is 19.7. The minimum atomic E-state index is -1.24. The highest BCUT2D eigenvalue weighted by Gasteiger charge is 2.62. The van der Waals surface area contributed by atoms with E-state index in [4.69, 9.17) is 5.73 Å². The number of nitrogens with zero attached hydrogens (tertiary/aromatic N) is 1. The van der Waals surface area contributed by atoms with E-state index in [0.29, 0.717) is 17.2 Å². The molecule has 1 unspecified atom stereocenters. The van der Waals surface area contributed by atoms with Crippen molar-refractivity contribution in [1.29, 1.82) is 0 Å². The minimum absolute atomic E-state index is 0.135. The Kier molecular flexibility index (Phi) is 5.69. The van der Waals surface area contributed by atoms with Crippen molar-refractivity contribution in [2.75, 3.05) is 12.3 Å². The zero-order valence-corrected chi connectivity index (χ0v) is 15.7. The highest BCUT2D eigenvalue weighted by molar-refractivity contribution is 8.03. The van der Waals surface area contributed by atoms with E-state index < -0.39 is 35.9 Å². The predicted molar refractivity (Wildman–Crippen MR) is 101 cm³/mol. The van der Waals surface area contributed by atoms with Gasteiger partial charge < -0.3 is 15.9 Å². The number of hydrogen-bond acceptors (Lipinski definition) is 6. The molecule has 0 spiro atoms. The van der Waals surface area contributed by atoms with Crippen LogP contribution in [0.2, 0.25) is 0 Å². The summed E-state index contributed by atoms with van der Waals surface area (Å²) < 4.78 is 0. The number of aliphatic hydroxyl groups is 1. The molecule has 7 nitrogen and oxygen atoms in total. The van der Waals surface area contributed by atoms with Crippen LogP contribution in [0.15, 0.2) is 40.9 Å². The fourth-order valence-corrected chi connectivity index (χ4v) is 4.95. The molecule has 4 atom stereocenters. The van der Waals surface area contributed by atoms with Gasteiger partial charge in [0.25, 0.3) is 0 Å². The van der Waals surface area contributed by atoms with Crippen LogP contribution < -0.4 is 5.73 Å². The summed E-state index contributed by atoms with van der Waals surface area (Å²) in [5.74, 6) is -2.95. The first-order chi connectivity index (χ1) is 12.9. The summed E-state index contributed by atoms with van der Waals surface area (Å²) in [6, 6.07) is 8.52. The summed E-state index contributed by atoms with van der Waals surface area (Å²) in [6.45, 7) is 1.81.